The number of fused-ring (bicyclic) bond motifs is 5. The average Bonchev–Trinajstić information content (AvgIpc) is 2.62. The molecule has 0 unspecified atom stereocenters. The Morgan fingerprint density at radius 2 is 1.83 bits per heavy atom. The van der Waals surface area contributed by atoms with Crippen LogP contribution in [0.4, 0.5) is 0 Å². The Balaban J connectivity index is 1.90. The van der Waals surface area contributed by atoms with E-state index < -0.39 is 5.56 Å². The van der Waals surface area contributed by atoms with Gasteiger partial charge in [0.25, 0.3) is 5.56 Å². The molecule has 2 aromatic rings. The van der Waals surface area contributed by atoms with Crippen LogP contribution in [0.25, 0.3) is 0 Å². The quantitative estimate of drug-likeness (QED) is 0.771. The van der Waals surface area contributed by atoms with Crippen LogP contribution in [-0.2, 0) is 14.1 Å². The lowest BCUT2D eigenvalue weighted by Crippen LogP contribution is -2.45. The number of benzene rings is 1. The van der Waals surface area contributed by atoms with Crippen LogP contribution in [-0.4, -0.2) is 29.5 Å². The molecule has 1 aromatic carbocycles. The summed E-state index contributed by atoms with van der Waals surface area (Å²) in [5, 5.41) is 0. The summed E-state index contributed by atoms with van der Waals surface area (Å²) in [5.74, 6) is 1.67. The van der Waals surface area contributed by atoms with Crippen LogP contribution in [0.1, 0.15) is 23.1 Å². The van der Waals surface area contributed by atoms with Gasteiger partial charge in [0, 0.05) is 31.5 Å². The minimum atomic E-state index is -0.400. The van der Waals surface area contributed by atoms with Crippen LogP contribution in [0.5, 0.6) is 17.2 Å². The first-order chi connectivity index (χ1) is 11.5. The predicted molar refractivity (Wildman–Crippen MR) is 86.4 cm³/mol. The van der Waals surface area contributed by atoms with Crippen molar-refractivity contribution in [3.05, 3.63) is 50.3 Å². The minimum Gasteiger partial charge on any atom is -0.497 e. The molecular formula is C17H18N2O5. The fraction of sp³-hybridized carbons (Fsp3) is 0.412. The van der Waals surface area contributed by atoms with Crippen molar-refractivity contribution in [2.45, 2.75) is 11.8 Å². The van der Waals surface area contributed by atoms with Crippen LogP contribution < -0.4 is 25.5 Å². The summed E-state index contributed by atoms with van der Waals surface area (Å²) >= 11 is 0. The molecule has 2 atom stereocenters. The average molecular weight is 330 g/mol. The molecule has 0 fully saturated rings. The molecule has 0 N–H and O–H groups in total. The van der Waals surface area contributed by atoms with Gasteiger partial charge in [-0.1, -0.05) is 0 Å². The van der Waals surface area contributed by atoms with Gasteiger partial charge in [-0.25, -0.2) is 4.79 Å². The monoisotopic (exact) mass is 330 g/mol. The number of hydrogen-bond acceptors (Lipinski definition) is 5. The van der Waals surface area contributed by atoms with E-state index in [-0.39, 0.29) is 23.3 Å². The number of rotatable bonds is 1. The molecule has 2 aliphatic rings. The Hall–Kier alpha value is -2.70. The van der Waals surface area contributed by atoms with Crippen LogP contribution in [0, 0.1) is 0 Å². The van der Waals surface area contributed by atoms with E-state index in [1.54, 1.807) is 14.2 Å². The number of hydrogen-bond donors (Lipinski definition) is 0. The van der Waals surface area contributed by atoms with Crippen molar-refractivity contribution in [3.63, 3.8) is 0 Å². The summed E-state index contributed by atoms with van der Waals surface area (Å²) < 4.78 is 19.5. The van der Waals surface area contributed by atoms with Gasteiger partial charge in [0.2, 0.25) is 5.75 Å². The third-order valence-corrected chi connectivity index (χ3v) is 4.95. The van der Waals surface area contributed by atoms with Crippen LogP contribution in [0.2, 0.25) is 0 Å². The molecule has 0 amide bonds. The van der Waals surface area contributed by atoms with Crippen molar-refractivity contribution < 1.29 is 14.2 Å². The Morgan fingerprint density at radius 1 is 1.08 bits per heavy atom. The van der Waals surface area contributed by atoms with E-state index in [4.69, 9.17) is 14.2 Å². The van der Waals surface area contributed by atoms with Gasteiger partial charge in [-0.2, -0.15) is 0 Å². The van der Waals surface area contributed by atoms with Gasteiger partial charge in [0.1, 0.15) is 11.5 Å². The summed E-state index contributed by atoms with van der Waals surface area (Å²) in [7, 11) is 4.73. The molecule has 24 heavy (non-hydrogen) atoms. The second-order valence-electron chi connectivity index (χ2n) is 6.16. The van der Waals surface area contributed by atoms with E-state index in [9.17, 15) is 9.59 Å². The van der Waals surface area contributed by atoms with Crippen molar-refractivity contribution in [2.75, 3.05) is 20.3 Å². The standard InChI is InChI=1S/C17H18N2O5/c1-18-14-12-8-23-13-5-4-9(22-3)6-10(13)11(12)7-24-15(14)16(20)19(2)17(18)21/h4-6,11-12H,7-8H2,1-3H3/t11-,12+/m1/s1. The first-order valence-electron chi connectivity index (χ1n) is 7.76. The van der Waals surface area contributed by atoms with Crippen molar-refractivity contribution in [2.24, 2.45) is 14.1 Å². The van der Waals surface area contributed by atoms with Gasteiger partial charge in [0.15, 0.2) is 0 Å². The van der Waals surface area contributed by atoms with Crippen molar-refractivity contribution in [1.82, 2.24) is 9.13 Å². The van der Waals surface area contributed by atoms with E-state index >= 15 is 0 Å². The summed E-state index contributed by atoms with van der Waals surface area (Å²) in [4.78, 5) is 24.7. The van der Waals surface area contributed by atoms with Crippen LogP contribution in [0.3, 0.4) is 0 Å². The zero-order valence-corrected chi connectivity index (χ0v) is 13.7. The maximum Gasteiger partial charge on any atom is 0.330 e. The van der Waals surface area contributed by atoms with E-state index in [1.165, 1.54) is 11.6 Å². The zero-order chi connectivity index (χ0) is 17.0. The molecule has 2 aliphatic heterocycles. The normalized spacial score (nSPS) is 21.0. The predicted octanol–water partition coefficient (Wildman–Crippen LogP) is 0.745. The molecule has 4 rings (SSSR count). The molecule has 126 valence electrons. The summed E-state index contributed by atoms with van der Waals surface area (Å²) in [6.07, 6.45) is 0. The molecule has 7 heteroatoms. The molecule has 1 aromatic heterocycles. The lowest BCUT2D eigenvalue weighted by Gasteiger charge is -2.38. The molecule has 0 saturated heterocycles. The largest absolute Gasteiger partial charge is 0.497 e. The lowest BCUT2D eigenvalue weighted by molar-refractivity contribution is 0.157. The number of nitrogens with zero attached hydrogens (tertiary/aromatic N) is 2. The first-order valence-corrected chi connectivity index (χ1v) is 7.76. The fourth-order valence-corrected chi connectivity index (χ4v) is 3.62. The molecular weight excluding hydrogens is 312 g/mol. The first kappa shape index (κ1) is 14.9. The fourth-order valence-electron chi connectivity index (χ4n) is 3.62. The minimum absolute atomic E-state index is 0.00839. The highest BCUT2D eigenvalue weighted by Gasteiger charge is 2.41. The SMILES string of the molecule is COc1ccc2c(c1)[C@H]1COc3c(n(C)c(=O)n(C)c3=O)[C@H]1CO2. The van der Waals surface area contributed by atoms with Crippen LogP contribution in [0.15, 0.2) is 27.8 Å². The summed E-state index contributed by atoms with van der Waals surface area (Å²) in [6.45, 7) is 0.773. The smallest absolute Gasteiger partial charge is 0.330 e. The topological polar surface area (TPSA) is 71.7 Å². The van der Waals surface area contributed by atoms with Crippen LogP contribution >= 0.6 is 0 Å². The highest BCUT2D eigenvalue weighted by Crippen LogP contribution is 2.47. The second kappa shape index (κ2) is 5.15. The number of methoxy groups -OCH3 is 1. The van der Waals surface area contributed by atoms with Gasteiger partial charge < -0.3 is 14.2 Å². The number of ether oxygens (including phenoxy) is 3. The molecule has 0 spiro atoms. The second-order valence-corrected chi connectivity index (χ2v) is 6.16. The highest BCUT2D eigenvalue weighted by atomic mass is 16.5. The third-order valence-electron chi connectivity index (χ3n) is 4.95. The van der Waals surface area contributed by atoms with Crippen molar-refractivity contribution in [3.8, 4) is 17.2 Å². The van der Waals surface area contributed by atoms with E-state index in [0.717, 1.165) is 21.6 Å². The van der Waals surface area contributed by atoms with Gasteiger partial charge in [0.05, 0.1) is 26.0 Å². The van der Waals surface area contributed by atoms with Gasteiger partial charge in [-0.3, -0.25) is 13.9 Å². The van der Waals surface area contributed by atoms with E-state index in [2.05, 4.69) is 0 Å². The molecule has 3 heterocycles. The van der Waals surface area contributed by atoms with Crippen molar-refractivity contribution >= 4 is 0 Å². The maximum absolute atomic E-state index is 12.4. The number of aromatic nitrogens is 2. The summed E-state index contributed by atoms with van der Waals surface area (Å²) in [5.41, 5.74) is 0.819. The van der Waals surface area contributed by atoms with Gasteiger partial charge in [-0.15, -0.1) is 0 Å². The molecule has 0 saturated carbocycles. The molecule has 0 aliphatic carbocycles. The van der Waals surface area contributed by atoms with Gasteiger partial charge >= 0.3 is 5.69 Å². The van der Waals surface area contributed by atoms with E-state index in [1.807, 2.05) is 18.2 Å². The molecule has 7 nitrogen and oxygen atoms in total. The third kappa shape index (κ3) is 1.90. The van der Waals surface area contributed by atoms with Gasteiger partial charge in [-0.05, 0) is 18.2 Å². The maximum atomic E-state index is 12.4. The Morgan fingerprint density at radius 3 is 2.58 bits per heavy atom. The Labute approximate surface area is 138 Å². The van der Waals surface area contributed by atoms with E-state index in [0.29, 0.717) is 18.9 Å². The Kier molecular flexibility index (Phi) is 3.19. The zero-order valence-electron chi connectivity index (χ0n) is 13.7. The Bertz CT molecular complexity index is 943. The lowest BCUT2D eigenvalue weighted by atomic mass is 9.80. The summed E-state index contributed by atoms with van der Waals surface area (Å²) in [6, 6.07) is 5.66. The van der Waals surface area contributed by atoms with Crippen molar-refractivity contribution in [1.29, 1.82) is 0 Å². The molecule has 0 bridgehead atoms. The molecule has 0 radical (unpaired) electrons. The highest BCUT2D eigenvalue weighted by molar-refractivity contribution is 5.48.